The molecule has 18 heavy (non-hydrogen) atoms. The summed E-state index contributed by atoms with van der Waals surface area (Å²) in [5.74, 6) is -1.98. The number of carbonyl (C=O) groups is 1. The first-order valence-corrected chi connectivity index (χ1v) is 6.59. The lowest BCUT2D eigenvalue weighted by atomic mass is 10.1. The molecule has 0 aliphatic heterocycles. The van der Waals surface area contributed by atoms with Gasteiger partial charge < -0.3 is 0 Å². The zero-order chi connectivity index (χ0) is 13.6. The summed E-state index contributed by atoms with van der Waals surface area (Å²) in [6.07, 6.45) is -4.61. The third-order valence-corrected chi connectivity index (χ3v) is 2.40. The molecule has 0 aromatic heterocycles. The van der Waals surface area contributed by atoms with E-state index in [-0.39, 0.29) is 11.2 Å². The molecule has 100 valence electrons. The van der Waals surface area contributed by atoms with Crippen LogP contribution in [0.2, 0.25) is 0 Å². The highest BCUT2D eigenvalue weighted by molar-refractivity contribution is 14.1. The zero-order valence-electron chi connectivity index (χ0n) is 9.28. The molecule has 0 saturated heterocycles. The summed E-state index contributed by atoms with van der Waals surface area (Å²) >= 11 is 1.74. The number of amides is 1. The van der Waals surface area contributed by atoms with Gasteiger partial charge in [-0.05, 0) is 12.0 Å². The molecule has 1 aromatic rings. The summed E-state index contributed by atoms with van der Waals surface area (Å²) in [6.45, 7) is -0.134. The summed E-state index contributed by atoms with van der Waals surface area (Å²) < 4.78 is 36.8. The first kappa shape index (κ1) is 15.2. The van der Waals surface area contributed by atoms with Crippen LogP contribution in [0.5, 0.6) is 0 Å². The van der Waals surface area contributed by atoms with Crippen molar-refractivity contribution in [3.05, 3.63) is 35.9 Å². The minimum absolute atomic E-state index is 0.0195. The number of hydrogen-bond acceptors (Lipinski definition) is 2. The van der Waals surface area contributed by atoms with Gasteiger partial charge in [-0.25, -0.2) is 5.06 Å². The number of carbonyl (C=O) groups excluding carboxylic acids is 1. The summed E-state index contributed by atoms with van der Waals surface area (Å²) in [5.41, 5.74) is 0.842. The molecule has 0 aliphatic carbocycles. The number of rotatable bonds is 5. The van der Waals surface area contributed by atoms with Crippen molar-refractivity contribution in [1.29, 1.82) is 0 Å². The van der Waals surface area contributed by atoms with Crippen LogP contribution in [0.15, 0.2) is 30.3 Å². The van der Waals surface area contributed by atoms with Crippen molar-refractivity contribution in [3.63, 3.8) is 0 Å². The Kier molecular flexibility index (Phi) is 5.86. The van der Waals surface area contributed by atoms with Crippen LogP contribution < -0.4 is 0 Å². The van der Waals surface area contributed by atoms with Gasteiger partial charge in [-0.1, -0.05) is 52.9 Å². The maximum absolute atomic E-state index is 12.3. The van der Waals surface area contributed by atoms with Gasteiger partial charge in [0.15, 0.2) is 0 Å². The number of hydrogen-bond donors (Lipinski definition) is 0. The van der Waals surface area contributed by atoms with Gasteiger partial charge >= 0.3 is 12.1 Å². The van der Waals surface area contributed by atoms with Crippen molar-refractivity contribution < 1.29 is 22.8 Å². The second kappa shape index (κ2) is 6.93. The first-order valence-electron chi connectivity index (χ1n) is 5.06. The number of hydroxylamine groups is 2. The Hall–Kier alpha value is -0.830. The molecule has 0 aliphatic rings. The van der Waals surface area contributed by atoms with E-state index >= 15 is 0 Å². The van der Waals surface area contributed by atoms with Gasteiger partial charge in [-0.2, -0.15) is 13.2 Å². The topological polar surface area (TPSA) is 29.5 Å². The Morgan fingerprint density at radius 1 is 1.28 bits per heavy atom. The van der Waals surface area contributed by atoms with Crippen LogP contribution in [-0.2, 0) is 16.1 Å². The van der Waals surface area contributed by atoms with Gasteiger partial charge in [0.25, 0.3) is 0 Å². The maximum atomic E-state index is 12.3. The Balaban J connectivity index is 2.61. The van der Waals surface area contributed by atoms with Crippen molar-refractivity contribution in [2.75, 3.05) is 11.2 Å². The molecule has 1 amide bonds. The van der Waals surface area contributed by atoms with Crippen LogP contribution >= 0.6 is 22.6 Å². The van der Waals surface area contributed by atoms with Crippen LogP contribution in [-0.4, -0.2) is 28.3 Å². The maximum Gasteiger partial charge on any atom is 0.473 e. The lowest BCUT2D eigenvalue weighted by molar-refractivity contribution is -0.223. The number of halogens is 4. The fourth-order valence-corrected chi connectivity index (χ4v) is 1.64. The van der Waals surface area contributed by atoms with Gasteiger partial charge in [0.05, 0.1) is 6.54 Å². The van der Waals surface area contributed by atoms with E-state index in [0.717, 1.165) is 5.56 Å². The normalized spacial score (nSPS) is 11.3. The second-order valence-electron chi connectivity index (χ2n) is 3.38. The predicted molar refractivity (Wildman–Crippen MR) is 67.9 cm³/mol. The molecule has 0 atom stereocenters. The molecule has 0 fully saturated rings. The summed E-state index contributed by atoms with van der Waals surface area (Å²) in [7, 11) is 0. The molecular weight excluding hydrogens is 362 g/mol. The molecule has 1 rings (SSSR count). The van der Waals surface area contributed by atoms with Crippen LogP contribution in [0, 0.1) is 0 Å². The van der Waals surface area contributed by atoms with E-state index in [0.29, 0.717) is 11.5 Å². The van der Waals surface area contributed by atoms with Crippen LogP contribution in [0.1, 0.15) is 5.56 Å². The average molecular weight is 373 g/mol. The molecule has 3 nitrogen and oxygen atoms in total. The Labute approximate surface area is 116 Å². The van der Waals surface area contributed by atoms with Gasteiger partial charge in [-0.3, -0.25) is 9.63 Å². The van der Waals surface area contributed by atoms with Crippen molar-refractivity contribution in [1.82, 2.24) is 5.06 Å². The van der Waals surface area contributed by atoms with Crippen LogP contribution in [0.3, 0.4) is 0 Å². The molecule has 0 N–H and O–H groups in total. The molecule has 0 spiro atoms. The Morgan fingerprint density at radius 2 is 1.89 bits per heavy atom. The lowest BCUT2D eigenvalue weighted by Crippen LogP contribution is -2.42. The number of nitrogens with zero attached hydrogens (tertiary/aromatic N) is 1. The average Bonchev–Trinajstić information content (AvgIpc) is 2.34. The van der Waals surface area contributed by atoms with Gasteiger partial charge in [0.1, 0.15) is 4.61 Å². The van der Waals surface area contributed by atoms with Crippen molar-refractivity contribution in [3.8, 4) is 0 Å². The van der Waals surface area contributed by atoms with E-state index in [1.807, 2.05) is 6.07 Å². The van der Waals surface area contributed by atoms with Crippen molar-refractivity contribution in [2.45, 2.75) is 12.6 Å². The van der Waals surface area contributed by atoms with E-state index in [9.17, 15) is 18.0 Å². The monoisotopic (exact) mass is 373 g/mol. The quantitative estimate of drug-likeness (QED) is 0.451. The van der Waals surface area contributed by atoms with E-state index in [1.54, 1.807) is 46.9 Å². The molecule has 0 radical (unpaired) electrons. The van der Waals surface area contributed by atoms with Crippen LogP contribution in [0.25, 0.3) is 0 Å². The van der Waals surface area contributed by atoms with E-state index < -0.39 is 12.1 Å². The highest BCUT2D eigenvalue weighted by Crippen LogP contribution is 2.19. The van der Waals surface area contributed by atoms with Crippen molar-refractivity contribution >= 4 is 28.5 Å². The molecule has 0 heterocycles. The zero-order valence-corrected chi connectivity index (χ0v) is 11.4. The molecule has 1 aromatic carbocycles. The SMILES string of the molecule is O=C(N(CCc1ccccc1)OCI)C(F)(F)F. The Morgan fingerprint density at radius 3 is 2.39 bits per heavy atom. The molecule has 0 unspecified atom stereocenters. The smallest absolute Gasteiger partial charge is 0.262 e. The standard InChI is InChI=1S/C11H11F3INO2/c12-11(13,14)10(17)16(18-8-15)7-6-9-4-2-1-3-5-9/h1-5H,6-8H2. The summed E-state index contributed by atoms with van der Waals surface area (Å²) in [4.78, 5) is 15.8. The third-order valence-electron chi connectivity index (χ3n) is 2.12. The van der Waals surface area contributed by atoms with Gasteiger partial charge in [0.2, 0.25) is 0 Å². The van der Waals surface area contributed by atoms with E-state index in [2.05, 4.69) is 0 Å². The molecule has 7 heteroatoms. The molecular formula is C11H11F3INO2. The van der Waals surface area contributed by atoms with Crippen LogP contribution in [0.4, 0.5) is 13.2 Å². The largest absolute Gasteiger partial charge is 0.473 e. The van der Waals surface area contributed by atoms with E-state index in [4.69, 9.17) is 4.84 Å². The first-order chi connectivity index (χ1) is 8.45. The highest BCUT2D eigenvalue weighted by Gasteiger charge is 2.43. The van der Waals surface area contributed by atoms with Crippen molar-refractivity contribution in [2.24, 2.45) is 0 Å². The molecule has 0 saturated carbocycles. The number of benzene rings is 1. The predicted octanol–water partition coefficient (Wildman–Crippen LogP) is 2.94. The Bertz CT molecular complexity index is 384. The fourth-order valence-electron chi connectivity index (χ4n) is 1.30. The second-order valence-corrected chi connectivity index (χ2v) is 4.00. The summed E-state index contributed by atoms with van der Waals surface area (Å²) in [5, 5.41) is 0.361. The van der Waals surface area contributed by atoms with Gasteiger partial charge in [0, 0.05) is 0 Å². The minimum Gasteiger partial charge on any atom is -0.262 e. The van der Waals surface area contributed by atoms with E-state index in [1.165, 1.54) is 0 Å². The summed E-state index contributed by atoms with van der Waals surface area (Å²) in [6, 6.07) is 8.93. The lowest BCUT2D eigenvalue weighted by Gasteiger charge is -2.21. The fraction of sp³-hybridized carbons (Fsp3) is 0.364. The molecule has 0 bridgehead atoms. The van der Waals surface area contributed by atoms with Gasteiger partial charge in [-0.15, -0.1) is 0 Å². The third kappa shape index (κ3) is 4.81. The minimum atomic E-state index is -4.91. The highest BCUT2D eigenvalue weighted by atomic mass is 127. The number of alkyl halides is 4.